The molecule has 5 nitrogen and oxygen atoms in total. The van der Waals surface area contributed by atoms with Crippen molar-refractivity contribution in [3.05, 3.63) is 16.1 Å². The summed E-state index contributed by atoms with van der Waals surface area (Å²) >= 11 is 6.29. The number of carbonyl (C=O) groups excluding carboxylic acids is 2. The van der Waals surface area contributed by atoms with E-state index < -0.39 is 11.5 Å². The van der Waals surface area contributed by atoms with Gasteiger partial charge in [-0.05, 0) is 0 Å². The van der Waals surface area contributed by atoms with Gasteiger partial charge in [-0.1, -0.05) is 11.6 Å². The van der Waals surface area contributed by atoms with Crippen LogP contribution in [-0.4, -0.2) is 22.4 Å². The van der Waals surface area contributed by atoms with Crippen molar-refractivity contribution in [1.82, 2.24) is 15.6 Å². The van der Waals surface area contributed by atoms with E-state index in [2.05, 4.69) is 15.6 Å². The predicted octanol–water partition coefficient (Wildman–Crippen LogP) is 0.930. The summed E-state index contributed by atoms with van der Waals surface area (Å²) in [6.45, 7) is 1.87. The zero-order valence-corrected chi connectivity index (χ0v) is 10.6. The number of hydrogen-bond donors (Lipinski definition) is 2. The Hall–Kier alpha value is -1.21. The van der Waals surface area contributed by atoms with Gasteiger partial charge in [-0.3, -0.25) is 9.59 Å². The van der Waals surface area contributed by atoms with Crippen LogP contribution in [0.25, 0.3) is 0 Å². The molecule has 0 saturated heterocycles. The molecule has 1 aromatic heterocycles. The fraction of sp³-hybridized carbons (Fsp3) is 0.444. The van der Waals surface area contributed by atoms with E-state index in [1.165, 1.54) is 18.3 Å². The normalized spacial score (nSPS) is 11.9. The minimum atomic E-state index is -2.05. The van der Waals surface area contributed by atoms with Crippen molar-refractivity contribution < 1.29 is 14.0 Å². The Morgan fingerprint density at radius 1 is 1.53 bits per heavy atom. The molecule has 1 aromatic rings. The van der Waals surface area contributed by atoms with E-state index in [0.29, 0.717) is 17.2 Å². The molecule has 17 heavy (non-hydrogen) atoms. The van der Waals surface area contributed by atoms with Gasteiger partial charge in [0.2, 0.25) is 5.91 Å². The van der Waals surface area contributed by atoms with Gasteiger partial charge in [-0.15, -0.1) is 11.3 Å². The highest BCUT2D eigenvalue weighted by Crippen LogP contribution is 2.09. The van der Waals surface area contributed by atoms with Gasteiger partial charge in [0.05, 0.1) is 18.8 Å². The SMILES string of the molecule is CC(=O)NCc1nc(CNC(=O)C(F)Cl)cs1. The maximum atomic E-state index is 12.3. The molecule has 94 valence electrons. The number of nitrogens with one attached hydrogen (secondary N) is 2. The molecular weight excluding hydrogens is 269 g/mol. The minimum Gasteiger partial charge on any atom is -0.350 e. The summed E-state index contributed by atoms with van der Waals surface area (Å²) < 4.78 is 12.3. The number of hydrogen-bond acceptors (Lipinski definition) is 4. The lowest BCUT2D eigenvalue weighted by molar-refractivity contribution is -0.123. The first kappa shape index (κ1) is 13.9. The standard InChI is InChI=1S/C9H11ClFN3O2S/c1-5(15)12-3-7-14-6(4-17-7)2-13-9(16)8(10)11/h4,8H,2-3H2,1H3,(H,12,15)(H,13,16). The maximum absolute atomic E-state index is 12.3. The van der Waals surface area contributed by atoms with E-state index in [4.69, 9.17) is 11.6 Å². The van der Waals surface area contributed by atoms with Crippen molar-refractivity contribution in [3.63, 3.8) is 0 Å². The zero-order chi connectivity index (χ0) is 12.8. The Labute approximate surface area is 106 Å². The molecular formula is C9H11ClFN3O2S. The van der Waals surface area contributed by atoms with Crippen molar-refractivity contribution in [3.8, 4) is 0 Å². The lowest BCUT2D eigenvalue weighted by atomic mass is 10.4. The van der Waals surface area contributed by atoms with E-state index in [0.717, 1.165) is 0 Å². The molecule has 0 bridgehead atoms. The monoisotopic (exact) mass is 279 g/mol. The third kappa shape index (κ3) is 5.10. The Morgan fingerprint density at radius 3 is 2.82 bits per heavy atom. The molecule has 1 unspecified atom stereocenters. The number of thiazole rings is 1. The third-order valence-corrected chi connectivity index (χ3v) is 2.83. The van der Waals surface area contributed by atoms with Crippen molar-refractivity contribution in [2.75, 3.05) is 0 Å². The Kier molecular flexibility index (Phi) is 5.30. The van der Waals surface area contributed by atoms with Crippen molar-refractivity contribution in [1.29, 1.82) is 0 Å². The molecule has 0 fully saturated rings. The smallest absolute Gasteiger partial charge is 0.270 e. The van der Waals surface area contributed by atoms with Gasteiger partial charge in [0.1, 0.15) is 5.01 Å². The number of nitrogens with zero attached hydrogens (tertiary/aromatic N) is 1. The number of carbonyl (C=O) groups is 2. The van der Waals surface area contributed by atoms with Gasteiger partial charge >= 0.3 is 0 Å². The van der Waals surface area contributed by atoms with Crippen LogP contribution in [-0.2, 0) is 22.7 Å². The molecule has 1 rings (SSSR count). The summed E-state index contributed by atoms with van der Waals surface area (Å²) in [5.41, 5.74) is -1.45. The van der Waals surface area contributed by atoms with Crippen LogP contribution >= 0.6 is 22.9 Å². The molecule has 0 radical (unpaired) electrons. The van der Waals surface area contributed by atoms with Gasteiger partial charge in [-0.25, -0.2) is 9.37 Å². The van der Waals surface area contributed by atoms with Crippen LogP contribution in [0.2, 0.25) is 0 Å². The number of amides is 2. The average Bonchev–Trinajstić information content (AvgIpc) is 2.70. The second-order valence-electron chi connectivity index (χ2n) is 3.16. The average molecular weight is 280 g/mol. The van der Waals surface area contributed by atoms with Crippen LogP contribution in [0.15, 0.2) is 5.38 Å². The van der Waals surface area contributed by atoms with Gasteiger partial charge in [-0.2, -0.15) is 0 Å². The number of rotatable bonds is 5. The van der Waals surface area contributed by atoms with Crippen LogP contribution in [0.3, 0.4) is 0 Å². The quantitative estimate of drug-likeness (QED) is 0.788. The van der Waals surface area contributed by atoms with E-state index in [-0.39, 0.29) is 12.5 Å². The van der Waals surface area contributed by atoms with Crippen LogP contribution in [0.5, 0.6) is 0 Å². The molecule has 0 aliphatic rings. The fourth-order valence-corrected chi connectivity index (χ4v) is 1.78. The highest BCUT2D eigenvalue weighted by Gasteiger charge is 2.12. The third-order valence-electron chi connectivity index (χ3n) is 1.73. The van der Waals surface area contributed by atoms with Gasteiger partial charge in [0.15, 0.2) is 0 Å². The predicted molar refractivity (Wildman–Crippen MR) is 62.2 cm³/mol. The highest BCUT2D eigenvalue weighted by molar-refractivity contribution is 7.09. The molecule has 0 aliphatic heterocycles. The van der Waals surface area contributed by atoms with Crippen LogP contribution < -0.4 is 10.6 Å². The molecule has 2 amide bonds. The highest BCUT2D eigenvalue weighted by atomic mass is 35.5. The van der Waals surface area contributed by atoms with Crippen molar-refractivity contribution in [2.24, 2.45) is 0 Å². The molecule has 0 aliphatic carbocycles. The van der Waals surface area contributed by atoms with Gasteiger partial charge in [0, 0.05) is 12.3 Å². The first-order valence-electron chi connectivity index (χ1n) is 4.72. The minimum absolute atomic E-state index is 0.114. The Balaban J connectivity index is 2.40. The summed E-state index contributed by atoms with van der Waals surface area (Å²) in [5, 5.41) is 7.32. The van der Waals surface area contributed by atoms with E-state index in [9.17, 15) is 14.0 Å². The molecule has 2 N–H and O–H groups in total. The Bertz CT molecular complexity index is 411. The summed E-state index contributed by atoms with van der Waals surface area (Å²) in [6, 6.07) is 0. The second-order valence-corrected chi connectivity index (χ2v) is 4.49. The van der Waals surface area contributed by atoms with E-state index in [1.807, 2.05) is 0 Å². The number of aromatic nitrogens is 1. The number of halogens is 2. The molecule has 0 spiro atoms. The molecule has 0 saturated carbocycles. The van der Waals surface area contributed by atoms with Gasteiger partial charge < -0.3 is 10.6 Å². The van der Waals surface area contributed by atoms with E-state index in [1.54, 1.807) is 5.38 Å². The Morgan fingerprint density at radius 2 is 2.24 bits per heavy atom. The van der Waals surface area contributed by atoms with Crippen LogP contribution in [0, 0.1) is 0 Å². The lowest BCUT2D eigenvalue weighted by Crippen LogP contribution is -2.28. The van der Waals surface area contributed by atoms with E-state index >= 15 is 0 Å². The molecule has 0 aromatic carbocycles. The molecule has 8 heteroatoms. The maximum Gasteiger partial charge on any atom is 0.270 e. The first-order chi connectivity index (χ1) is 7.99. The molecule has 1 atom stereocenters. The fourth-order valence-electron chi connectivity index (χ4n) is 0.966. The summed E-state index contributed by atoms with van der Waals surface area (Å²) in [4.78, 5) is 25.6. The second kappa shape index (κ2) is 6.51. The van der Waals surface area contributed by atoms with Crippen LogP contribution in [0.1, 0.15) is 17.6 Å². The lowest BCUT2D eigenvalue weighted by Gasteiger charge is -2.01. The first-order valence-corrected chi connectivity index (χ1v) is 6.04. The van der Waals surface area contributed by atoms with Crippen molar-refractivity contribution >= 4 is 34.8 Å². The van der Waals surface area contributed by atoms with Crippen LogP contribution in [0.4, 0.5) is 4.39 Å². The summed E-state index contributed by atoms with van der Waals surface area (Å²) in [5.74, 6) is -1.03. The molecule has 1 heterocycles. The van der Waals surface area contributed by atoms with Gasteiger partial charge in [0.25, 0.3) is 11.5 Å². The summed E-state index contributed by atoms with van der Waals surface area (Å²) in [6.07, 6.45) is 0. The number of alkyl halides is 2. The van der Waals surface area contributed by atoms with Crippen molar-refractivity contribution in [2.45, 2.75) is 25.6 Å². The summed E-state index contributed by atoms with van der Waals surface area (Å²) in [7, 11) is 0. The topological polar surface area (TPSA) is 71.1 Å². The largest absolute Gasteiger partial charge is 0.350 e. The zero-order valence-electron chi connectivity index (χ0n) is 9.00.